The van der Waals surface area contributed by atoms with Gasteiger partial charge in [-0.25, -0.2) is 4.79 Å². The molecule has 0 saturated heterocycles. The summed E-state index contributed by atoms with van der Waals surface area (Å²) in [4.78, 5) is 11.0. The molecule has 1 aromatic carbocycles. The average molecular weight is 222 g/mol. The van der Waals surface area contributed by atoms with Gasteiger partial charge in [0.25, 0.3) is 0 Å². The molecule has 4 heteroatoms. The van der Waals surface area contributed by atoms with Crippen LogP contribution in [-0.2, 0) is 16.1 Å². The van der Waals surface area contributed by atoms with Crippen LogP contribution in [-0.4, -0.2) is 28.9 Å². The summed E-state index contributed by atoms with van der Waals surface area (Å²) in [7, 11) is 0. The Hall–Kier alpha value is -1.65. The first kappa shape index (κ1) is 12.4. The number of hydrogen-bond acceptors (Lipinski definition) is 4. The Morgan fingerprint density at radius 2 is 2.06 bits per heavy atom. The number of esters is 1. The summed E-state index contributed by atoms with van der Waals surface area (Å²) in [5, 5.41) is 17.5. The number of ether oxygens (including phenoxy) is 1. The van der Waals surface area contributed by atoms with E-state index in [1.54, 1.807) is 18.2 Å². The van der Waals surface area contributed by atoms with Crippen molar-refractivity contribution in [1.29, 1.82) is 0 Å². The number of carbonyl (C=O) groups excluding carboxylic acids is 1. The van der Waals surface area contributed by atoms with Crippen molar-refractivity contribution < 1.29 is 19.7 Å². The van der Waals surface area contributed by atoms with E-state index in [4.69, 9.17) is 14.9 Å². The highest BCUT2D eigenvalue weighted by Gasteiger charge is 2.14. The van der Waals surface area contributed by atoms with Crippen molar-refractivity contribution in [2.24, 2.45) is 0 Å². The van der Waals surface area contributed by atoms with E-state index in [1.807, 2.05) is 12.1 Å². The molecule has 0 aliphatic carbocycles. The van der Waals surface area contributed by atoms with Crippen molar-refractivity contribution in [2.45, 2.75) is 12.7 Å². The molecule has 1 unspecified atom stereocenters. The van der Waals surface area contributed by atoms with Gasteiger partial charge in [-0.05, 0) is 11.1 Å². The topological polar surface area (TPSA) is 66.8 Å². The molecule has 16 heavy (non-hydrogen) atoms. The fourth-order valence-electron chi connectivity index (χ4n) is 1.08. The summed E-state index contributed by atoms with van der Waals surface area (Å²) in [6.45, 7) is 3.07. The molecule has 86 valence electrons. The number of carbonyl (C=O) groups is 1. The summed E-state index contributed by atoms with van der Waals surface area (Å²) in [6.07, 6.45) is 0.248. The largest absolute Gasteiger partial charge is 0.459 e. The highest BCUT2D eigenvalue weighted by Crippen LogP contribution is 2.07. The fourth-order valence-corrected chi connectivity index (χ4v) is 1.08. The zero-order chi connectivity index (χ0) is 12.0. The second-order valence-electron chi connectivity index (χ2n) is 3.25. The van der Waals surface area contributed by atoms with Crippen LogP contribution < -0.4 is 0 Å². The molecule has 1 atom stereocenters. The molecule has 0 fully saturated rings. The molecule has 4 nitrogen and oxygen atoms in total. The highest BCUT2D eigenvalue weighted by atomic mass is 16.5. The van der Waals surface area contributed by atoms with Crippen LogP contribution in [0.3, 0.4) is 0 Å². The van der Waals surface area contributed by atoms with Crippen molar-refractivity contribution in [1.82, 2.24) is 0 Å². The van der Waals surface area contributed by atoms with E-state index in [-0.39, 0.29) is 6.61 Å². The van der Waals surface area contributed by atoms with E-state index in [9.17, 15) is 4.79 Å². The molecule has 0 saturated carbocycles. The fraction of sp³-hybridized carbons (Fsp3) is 0.250. The van der Waals surface area contributed by atoms with Gasteiger partial charge in [0.05, 0.1) is 6.61 Å². The molecule has 0 aliphatic heterocycles. The molecule has 0 spiro atoms. The van der Waals surface area contributed by atoms with Crippen LogP contribution in [0.15, 0.2) is 30.8 Å². The number of rotatable bonds is 5. The van der Waals surface area contributed by atoms with Gasteiger partial charge in [-0.15, -0.1) is 0 Å². The summed E-state index contributed by atoms with van der Waals surface area (Å²) in [6, 6.07) is 7.29. The molecule has 0 amide bonds. The van der Waals surface area contributed by atoms with Gasteiger partial charge >= 0.3 is 5.97 Å². The number of aliphatic hydroxyl groups excluding tert-OH is 2. The lowest BCUT2D eigenvalue weighted by Crippen LogP contribution is -2.26. The first-order valence-corrected chi connectivity index (χ1v) is 4.84. The first-order valence-electron chi connectivity index (χ1n) is 4.84. The van der Waals surface area contributed by atoms with Gasteiger partial charge in [0.15, 0.2) is 6.10 Å². The second-order valence-corrected chi connectivity index (χ2v) is 3.25. The summed E-state index contributed by atoms with van der Waals surface area (Å²) in [5.74, 6) is -0.824. The van der Waals surface area contributed by atoms with Gasteiger partial charge in [-0.1, -0.05) is 36.9 Å². The SMILES string of the molecule is C=Cc1ccc(COC(=O)C(O)CO)cc1. The van der Waals surface area contributed by atoms with Crippen LogP contribution in [0, 0.1) is 0 Å². The van der Waals surface area contributed by atoms with E-state index < -0.39 is 18.7 Å². The van der Waals surface area contributed by atoms with E-state index in [1.165, 1.54) is 0 Å². The number of aliphatic hydroxyl groups is 2. The summed E-state index contributed by atoms with van der Waals surface area (Å²) in [5.41, 5.74) is 1.79. The van der Waals surface area contributed by atoms with Crippen LogP contribution in [0.25, 0.3) is 6.08 Å². The average Bonchev–Trinajstić information content (AvgIpc) is 2.35. The molecular weight excluding hydrogens is 208 g/mol. The smallest absolute Gasteiger partial charge is 0.337 e. The van der Waals surface area contributed by atoms with Gasteiger partial charge in [0.1, 0.15) is 6.61 Å². The lowest BCUT2D eigenvalue weighted by Gasteiger charge is -2.08. The van der Waals surface area contributed by atoms with Crippen LogP contribution in [0.1, 0.15) is 11.1 Å². The van der Waals surface area contributed by atoms with Crippen molar-refractivity contribution in [2.75, 3.05) is 6.61 Å². The molecule has 0 radical (unpaired) electrons. The third-order valence-electron chi connectivity index (χ3n) is 2.04. The Bertz CT molecular complexity index is 356. The predicted octanol–water partition coefficient (Wildman–Crippen LogP) is 0.726. The molecule has 0 bridgehead atoms. The molecule has 0 aliphatic rings. The maximum absolute atomic E-state index is 11.0. The van der Waals surface area contributed by atoms with Crippen LogP contribution in [0.2, 0.25) is 0 Å². The van der Waals surface area contributed by atoms with Gasteiger partial charge in [0.2, 0.25) is 0 Å². The van der Waals surface area contributed by atoms with Crippen molar-refractivity contribution in [3.05, 3.63) is 42.0 Å². The zero-order valence-corrected chi connectivity index (χ0v) is 8.80. The first-order chi connectivity index (χ1) is 7.67. The standard InChI is InChI=1S/C12H14O4/c1-2-9-3-5-10(6-4-9)8-16-12(15)11(14)7-13/h2-6,11,13-14H,1,7-8H2. The molecule has 0 heterocycles. The lowest BCUT2D eigenvalue weighted by molar-refractivity contribution is -0.156. The van der Waals surface area contributed by atoms with Crippen molar-refractivity contribution >= 4 is 12.0 Å². The van der Waals surface area contributed by atoms with Gasteiger partial charge < -0.3 is 14.9 Å². The normalized spacial score (nSPS) is 11.9. The molecule has 2 N–H and O–H groups in total. The van der Waals surface area contributed by atoms with Gasteiger partial charge in [-0.2, -0.15) is 0 Å². The third-order valence-corrected chi connectivity index (χ3v) is 2.04. The van der Waals surface area contributed by atoms with Crippen molar-refractivity contribution in [3.63, 3.8) is 0 Å². The van der Waals surface area contributed by atoms with Crippen LogP contribution in [0.5, 0.6) is 0 Å². The highest BCUT2D eigenvalue weighted by molar-refractivity contribution is 5.74. The predicted molar refractivity (Wildman–Crippen MR) is 59.4 cm³/mol. The Labute approximate surface area is 93.8 Å². The maximum Gasteiger partial charge on any atom is 0.337 e. The molecule has 1 aromatic rings. The molecular formula is C12H14O4. The molecule has 1 rings (SSSR count). The van der Waals surface area contributed by atoms with Crippen LogP contribution in [0.4, 0.5) is 0 Å². The van der Waals surface area contributed by atoms with E-state index in [0.717, 1.165) is 11.1 Å². The van der Waals surface area contributed by atoms with Crippen LogP contribution >= 0.6 is 0 Å². The monoisotopic (exact) mass is 222 g/mol. The van der Waals surface area contributed by atoms with Gasteiger partial charge in [-0.3, -0.25) is 0 Å². The van der Waals surface area contributed by atoms with E-state index in [2.05, 4.69) is 6.58 Å². The minimum atomic E-state index is -1.47. The third kappa shape index (κ3) is 3.49. The number of hydrogen-bond donors (Lipinski definition) is 2. The Morgan fingerprint density at radius 1 is 1.44 bits per heavy atom. The Balaban J connectivity index is 2.48. The number of benzene rings is 1. The van der Waals surface area contributed by atoms with E-state index in [0.29, 0.717) is 0 Å². The van der Waals surface area contributed by atoms with E-state index >= 15 is 0 Å². The zero-order valence-electron chi connectivity index (χ0n) is 8.80. The van der Waals surface area contributed by atoms with Gasteiger partial charge in [0, 0.05) is 0 Å². The Kier molecular flexibility index (Phi) is 4.69. The Morgan fingerprint density at radius 3 is 2.56 bits per heavy atom. The van der Waals surface area contributed by atoms with Crippen molar-refractivity contribution in [3.8, 4) is 0 Å². The molecule has 0 aromatic heterocycles. The minimum absolute atomic E-state index is 0.0767. The summed E-state index contributed by atoms with van der Waals surface area (Å²) >= 11 is 0. The quantitative estimate of drug-likeness (QED) is 0.721. The summed E-state index contributed by atoms with van der Waals surface area (Å²) < 4.78 is 4.78. The second kappa shape index (κ2) is 6.05. The maximum atomic E-state index is 11.0. The lowest BCUT2D eigenvalue weighted by atomic mass is 10.1. The minimum Gasteiger partial charge on any atom is -0.459 e.